The van der Waals surface area contributed by atoms with Gasteiger partial charge in [-0.1, -0.05) is 86.3 Å². The van der Waals surface area contributed by atoms with Crippen LogP contribution >= 0.6 is 12.2 Å². The molecule has 0 rings (SSSR count). The van der Waals surface area contributed by atoms with Crippen molar-refractivity contribution in [2.24, 2.45) is 5.92 Å². The van der Waals surface area contributed by atoms with E-state index in [0.717, 1.165) is 51.4 Å². The van der Waals surface area contributed by atoms with Crippen LogP contribution in [0.2, 0.25) is 0 Å². The van der Waals surface area contributed by atoms with Crippen molar-refractivity contribution in [1.82, 2.24) is 0 Å². The first kappa shape index (κ1) is 24.3. The molecule has 0 aliphatic rings. The number of unbranched alkanes of at least 4 members (excludes halogenated alkanes) is 2. The van der Waals surface area contributed by atoms with E-state index in [1.807, 2.05) is 0 Å². The zero-order valence-corrected chi connectivity index (χ0v) is 16.9. The molecule has 26 heavy (non-hydrogen) atoms. The third kappa shape index (κ3) is 17.1. The van der Waals surface area contributed by atoms with Gasteiger partial charge in [0.15, 0.2) is 0 Å². The summed E-state index contributed by atoms with van der Waals surface area (Å²) in [7, 11) is 0. The molecule has 1 N–H and O–H groups in total. The minimum Gasteiger partial charge on any atom is -0.481 e. The Labute approximate surface area is 165 Å². The topological polar surface area (TPSA) is 37.3 Å². The van der Waals surface area contributed by atoms with Gasteiger partial charge in [0.25, 0.3) is 0 Å². The van der Waals surface area contributed by atoms with E-state index in [1.54, 1.807) is 0 Å². The second-order valence-corrected chi connectivity index (χ2v) is 6.35. The molecule has 0 radical (unpaired) electrons. The molecular formula is C23H34O2S. The van der Waals surface area contributed by atoms with Gasteiger partial charge >= 0.3 is 5.97 Å². The Balaban J connectivity index is 3.55. The van der Waals surface area contributed by atoms with Gasteiger partial charge in [0, 0.05) is 0 Å². The van der Waals surface area contributed by atoms with E-state index in [9.17, 15) is 4.79 Å². The molecule has 2 nitrogen and oxygen atoms in total. The van der Waals surface area contributed by atoms with Crippen LogP contribution in [0.4, 0.5) is 0 Å². The Bertz CT molecular complexity index is 498. The van der Waals surface area contributed by atoms with Crippen LogP contribution in [0.5, 0.6) is 0 Å². The highest BCUT2D eigenvalue weighted by Crippen LogP contribution is 2.09. The minimum absolute atomic E-state index is 0.474. The Morgan fingerprint density at radius 2 is 1.27 bits per heavy atom. The fourth-order valence-corrected chi connectivity index (χ4v) is 2.50. The molecule has 3 heteroatoms. The lowest BCUT2D eigenvalue weighted by Gasteiger charge is -2.04. The van der Waals surface area contributed by atoms with Crippen molar-refractivity contribution < 1.29 is 9.90 Å². The summed E-state index contributed by atoms with van der Waals surface area (Å²) in [5.74, 6) is -1.28. The molecule has 1 unspecified atom stereocenters. The van der Waals surface area contributed by atoms with Gasteiger partial charge in [-0.05, 0) is 56.7 Å². The standard InChI is InChI=1S/C23H34O2S/c1-2-3-4-5-6-7-8-9-10-11-12-13-14-15-16-17-18-19-20-22(21-26)23(24)25/h3-4,6-7,9-10,12-13,15-16,21-22H,2,5,8,11,14,17-20H2,1H3,(H,24,25)/b4-3-,7-6-,10-9-,13-12-,16-15-. The molecule has 0 saturated carbocycles. The van der Waals surface area contributed by atoms with Crippen LogP contribution in [-0.4, -0.2) is 16.4 Å². The van der Waals surface area contributed by atoms with Gasteiger partial charge in [-0.25, -0.2) is 0 Å². The quantitative estimate of drug-likeness (QED) is 0.179. The summed E-state index contributed by atoms with van der Waals surface area (Å²) in [5.41, 5.74) is 0. The lowest BCUT2D eigenvalue weighted by Crippen LogP contribution is -2.13. The molecule has 144 valence electrons. The molecule has 0 aliphatic carbocycles. The highest BCUT2D eigenvalue weighted by molar-refractivity contribution is 7.79. The normalized spacial score (nSPS) is 13.7. The Hall–Kier alpha value is -1.74. The number of thiocarbonyl (C=S) groups is 1. The van der Waals surface area contributed by atoms with Crippen molar-refractivity contribution in [2.75, 3.05) is 0 Å². The van der Waals surface area contributed by atoms with Crippen LogP contribution in [0, 0.1) is 5.92 Å². The average molecular weight is 375 g/mol. The molecule has 0 fully saturated rings. The largest absolute Gasteiger partial charge is 0.481 e. The van der Waals surface area contributed by atoms with Crippen LogP contribution in [0.1, 0.15) is 64.7 Å². The van der Waals surface area contributed by atoms with E-state index in [1.165, 1.54) is 5.37 Å². The lowest BCUT2D eigenvalue weighted by atomic mass is 10.0. The average Bonchev–Trinajstić information content (AvgIpc) is 2.63. The third-order valence-electron chi connectivity index (χ3n) is 3.78. The first-order chi connectivity index (χ1) is 12.7. The summed E-state index contributed by atoms with van der Waals surface area (Å²) >= 11 is 4.73. The van der Waals surface area contributed by atoms with Crippen molar-refractivity contribution in [2.45, 2.75) is 64.7 Å². The maximum absolute atomic E-state index is 10.8. The van der Waals surface area contributed by atoms with Crippen LogP contribution in [0.15, 0.2) is 60.8 Å². The highest BCUT2D eigenvalue weighted by atomic mass is 32.1. The Morgan fingerprint density at radius 3 is 1.69 bits per heavy atom. The summed E-state index contributed by atoms with van der Waals surface area (Å²) < 4.78 is 0. The summed E-state index contributed by atoms with van der Waals surface area (Å²) in [5, 5.41) is 10.2. The smallest absolute Gasteiger partial charge is 0.311 e. The highest BCUT2D eigenvalue weighted by Gasteiger charge is 2.12. The van der Waals surface area contributed by atoms with E-state index in [0.29, 0.717) is 6.42 Å². The molecule has 1 atom stereocenters. The fraction of sp³-hybridized carbons (Fsp3) is 0.478. The van der Waals surface area contributed by atoms with E-state index >= 15 is 0 Å². The molecular weight excluding hydrogens is 340 g/mol. The van der Waals surface area contributed by atoms with Gasteiger partial charge in [0.05, 0.1) is 5.92 Å². The van der Waals surface area contributed by atoms with Gasteiger partial charge in [0.1, 0.15) is 0 Å². The monoisotopic (exact) mass is 374 g/mol. The van der Waals surface area contributed by atoms with Crippen molar-refractivity contribution in [3.8, 4) is 0 Å². The summed E-state index contributed by atoms with van der Waals surface area (Å²) in [6.45, 7) is 2.15. The fourth-order valence-electron chi connectivity index (χ4n) is 2.24. The molecule has 0 amide bonds. The molecule has 0 heterocycles. The first-order valence-corrected chi connectivity index (χ1v) is 10.1. The third-order valence-corrected chi connectivity index (χ3v) is 4.10. The van der Waals surface area contributed by atoms with Crippen molar-refractivity contribution in [3.05, 3.63) is 60.8 Å². The number of rotatable bonds is 16. The predicted molar refractivity (Wildman–Crippen MR) is 118 cm³/mol. The zero-order valence-electron chi connectivity index (χ0n) is 16.1. The van der Waals surface area contributed by atoms with Crippen LogP contribution < -0.4 is 0 Å². The Morgan fingerprint density at radius 1 is 0.808 bits per heavy atom. The molecule has 0 saturated heterocycles. The number of carboxylic acids is 1. The second-order valence-electron chi connectivity index (χ2n) is 6.07. The van der Waals surface area contributed by atoms with Gasteiger partial charge < -0.3 is 5.11 Å². The van der Waals surface area contributed by atoms with E-state index < -0.39 is 11.9 Å². The van der Waals surface area contributed by atoms with Gasteiger partial charge in [-0.15, -0.1) is 0 Å². The maximum atomic E-state index is 10.8. The van der Waals surface area contributed by atoms with E-state index in [4.69, 9.17) is 17.3 Å². The SMILES string of the molecule is CC/C=C\C/C=C\C/C=C\C/C=C\C/C=C\CCCCC(C=S)C(=O)O. The van der Waals surface area contributed by atoms with E-state index in [-0.39, 0.29) is 0 Å². The van der Waals surface area contributed by atoms with Gasteiger partial charge in [0.2, 0.25) is 0 Å². The maximum Gasteiger partial charge on any atom is 0.311 e. The Kier molecular flexibility index (Phi) is 18.3. The van der Waals surface area contributed by atoms with Gasteiger partial charge in [-0.2, -0.15) is 0 Å². The number of allylic oxidation sites excluding steroid dienone is 10. The molecule has 0 aromatic carbocycles. The van der Waals surface area contributed by atoms with Crippen molar-refractivity contribution >= 4 is 23.6 Å². The number of hydrogen-bond acceptors (Lipinski definition) is 2. The van der Waals surface area contributed by atoms with Crippen LogP contribution in [0.3, 0.4) is 0 Å². The van der Waals surface area contributed by atoms with Crippen molar-refractivity contribution in [3.63, 3.8) is 0 Å². The van der Waals surface area contributed by atoms with E-state index in [2.05, 4.69) is 67.7 Å². The predicted octanol–water partition coefficient (Wildman–Crippen LogP) is 7.00. The zero-order chi connectivity index (χ0) is 19.3. The number of carbonyl (C=O) groups is 1. The van der Waals surface area contributed by atoms with Crippen LogP contribution in [0.25, 0.3) is 0 Å². The molecule has 0 bridgehead atoms. The minimum atomic E-state index is -0.810. The van der Waals surface area contributed by atoms with Gasteiger partial charge in [-0.3, -0.25) is 4.79 Å². The molecule has 0 spiro atoms. The van der Waals surface area contributed by atoms with Crippen molar-refractivity contribution in [1.29, 1.82) is 0 Å². The number of carboxylic acid groups (broad SMARTS) is 1. The lowest BCUT2D eigenvalue weighted by molar-refractivity contribution is -0.139. The molecule has 0 aromatic rings. The summed E-state index contributed by atoms with van der Waals surface area (Å²) in [6, 6.07) is 0. The second kappa shape index (κ2) is 19.6. The first-order valence-electron chi connectivity index (χ1n) is 9.65. The summed E-state index contributed by atoms with van der Waals surface area (Å²) in [4.78, 5) is 10.8. The molecule has 0 aliphatic heterocycles. The summed E-state index contributed by atoms with van der Waals surface area (Å²) in [6.07, 6.45) is 30.5. The molecule has 0 aromatic heterocycles. The van der Waals surface area contributed by atoms with Crippen LogP contribution in [-0.2, 0) is 4.79 Å². The number of hydrogen-bond donors (Lipinski definition) is 1. The number of aliphatic carboxylic acids is 1.